The predicted octanol–water partition coefficient (Wildman–Crippen LogP) is 4.79. The lowest BCUT2D eigenvalue weighted by atomic mass is 9.93. The molecule has 0 atom stereocenters. The van der Waals surface area contributed by atoms with E-state index in [-0.39, 0.29) is 18.1 Å². The zero-order valence-electron chi connectivity index (χ0n) is 16.7. The fourth-order valence-electron chi connectivity index (χ4n) is 3.92. The molecule has 148 valence electrons. The first-order valence-corrected chi connectivity index (χ1v) is 10.1. The highest BCUT2D eigenvalue weighted by Crippen LogP contribution is 2.29. The van der Waals surface area contributed by atoms with E-state index in [9.17, 15) is 9.59 Å². The maximum Gasteiger partial charge on any atom is 0.227 e. The van der Waals surface area contributed by atoms with Gasteiger partial charge in [0.1, 0.15) is 0 Å². The Labute approximate surface area is 179 Å². The van der Waals surface area contributed by atoms with E-state index in [0.29, 0.717) is 16.8 Å². The molecule has 0 spiro atoms. The van der Waals surface area contributed by atoms with Crippen molar-refractivity contribution in [3.8, 4) is 0 Å². The summed E-state index contributed by atoms with van der Waals surface area (Å²) in [5.41, 5.74) is 1.58. The second-order valence-electron chi connectivity index (χ2n) is 7.43. The monoisotopic (exact) mass is 403 g/mol. The van der Waals surface area contributed by atoms with Gasteiger partial charge in [-0.3, -0.25) is 9.59 Å². The lowest BCUT2D eigenvalue weighted by molar-refractivity contribution is -0.683. The lowest BCUT2D eigenvalue weighted by Crippen LogP contribution is -2.38. The number of ketones is 2. The molecule has 0 amide bonds. The highest BCUT2D eigenvalue weighted by Gasteiger charge is 2.21. The number of hydrogen-bond acceptors (Lipinski definition) is 3. The van der Waals surface area contributed by atoms with Gasteiger partial charge in [0.15, 0.2) is 18.1 Å². The molecule has 4 aromatic carbocycles. The Bertz CT molecular complexity index is 1390. The number of nitrogens with zero attached hydrogens (tertiary/aromatic N) is 2. The van der Waals surface area contributed by atoms with Crippen LogP contribution in [0.1, 0.15) is 26.4 Å². The van der Waals surface area contributed by atoms with Crippen LogP contribution in [0.2, 0.25) is 0 Å². The predicted molar refractivity (Wildman–Crippen MR) is 120 cm³/mol. The first-order chi connectivity index (χ1) is 15.2. The molecule has 0 radical (unpaired) electrons. The third-order valence-electron chi connectivity index (χ3n) is 5.41. The van der Waals surface area contributed by atoms with E-state index in [4.69, 9.17) is 0 Å². The van der Waals surface area contributed by atoms with Crippen LogP contribution in [0.25, 0.3) is 21.5 Å². The smallest absolute Gasteiger partial charge is 0.227 e. The van der Waals surface area contributed by atoms with Crippen molar-refractivity contribution >= 4 is 33.1 Å². The molecule has 4 nitrogen and oxygen atoms in total. The van der Waals surface area contributed by atoms with Gasteiger partial charge in [0.05, 0.1) is 6.20 Å². The number of benzene rings is 4. The third-order valence-corrected chi connectivity index (χ3v) is 5.41. The van der Waals surface area contributed by atoms with Crippen LogP contribution < -0.4 is 4.57 Å². The molecule has 31 heavy (non-hydrogen) atoms. The summed E-state index contributed by atoms with van der Waals surface area (Å²) in [6.07, 6.45) is 4.93. The molecule has 5 aromatic rings. The Morgan fingerprint density at radius 1 is 0.774 bits per heavy atom. The Hall–Kier alpha value is -4.18. The first-order valence-electron chi connectivity index (χ1n) is 10.1. The lowest BCUT2D eigenvalue weighted by Gasteiger charge is -2.10. The highest BCUT2D eigenvalue weighted by atomic mass is 16.1. The van der Waals surface area contributed by atoms with E-state index >= 15 is 0 Å². The Morgan fingerprint density at radius 3 is 2.06 bits per heavy atom. The van der Waals surface area contributed by atoms with Gasteiger partial charge in [-0.05, 0) is 27.6 Å². The molecular formula is C27H19N2O2+. The summed E-state index contributed by atoms with van der Waals surface area (Å²) in [6.45, 7) is 0.142. The van der Waals surface area contributed by atoms with E-state index in [0.717, 1.165) is 21.5 Å². The molecule has 0 fully saturated rings. The van der Waals surface area contributed by atoms with Gasteiger partial charge in [0.25, 0.3) is 0 Å². The number of aromatic nitrogens is 2. The second-order valence-corrected chi connectivity index (χ2v) is 7.43. The summed E-state index contributed by atoms with van der Waals surface area (Å²) in [7, 11) is 0. The van der Waals surface area contributed by atoms with Crippen LogP contribution in [0.4, 0.5) is 0 Å². The average Bonchev–Trinajstić information content (AvgIpc) is 2.83. The van der Waals surface area contributed by atoms with E-state index in [1.807, 2.05) is 66.7 Å². The van der Waals surface area contributed by atoms with E-state index < -0.39 is 0 Å². The normalized spacial score (nSPS) is 11.0. The van der Waals surface area contributed by atoms with Crippen LogP contribution in [-0.4, -0.2) is 16.6 Å². The van der Waals surface area contributed by atoms with E-state index in [1.54, 1.807) is 35.3 Å². The number of carbonyl (C=O) groups excluding carboxylic acids is 2. The van der Waals surface area contributed by atoms with Crippen molar-refractivity contribution in [2.75, 3.05) is 0 Å². The molecule has 0 aliphatic rings. The molecule has 0 saturated carbocycles. The molecule has 0 unspecified atom stereocenters. The molecular weight excluding hydrogens is 384 g/mol. The Balaban J connectivity index is 1.57. The van der Waals surface area contributed by atoms with Crippen LogP contribution in [0.15, 0.2) is 104 Å². The minimum atomic E-state index is -0.158. The van der Waals surface area contributed by atoms with Gasteiger partial charge in [-0.25, -0.2) is 4.98 Å². The van der Waals surface area contributed by atoms with Gasteiger partial charge in [0, 0.05) is 11.1 Å². The molecule has 1 heterocycles. The molecule has 0 bridgehead atoms. The van der Waals surface area contributed by atoms with Crippen LogP contribution in [0, 0.1) is 0 Å². The van der Waals surface area contributed by atoms with Crippen LogP contribution >= 0.6 is 0 Å². The number of hydrogen-bond donors (Lipinski definition) is 0. The topological polar surface area (TPSA) is 50.9 Å². The fourth-order valence-corrected chi connectivity index (χ4v) is 3.92. The standard InChI is InChI=1S/C27H19N2O2/c30-25(19-8-2-1-3-9-19)18-29-15-14-28-24(17-29)27(31)26-22-12-6-4-10-20(22)16-21-11-5-7-13-23(21)26/h1-17H,18H2/q+1. The van der Waals surface area contributed by atoms with Crippen molar-refractivity contribution in [2.45, 2.75) is 6.54 Å². The molecule has 0 N–H and O–H groups in total. The minimum absolute atomic E-state index is 0.0224. The van der Waals surface area contributed by atoms with Gasteiger partial charge in [-0.1, -0.05) is 78.9 Å². The number of carbonyl (C=O) groups is 2. The average molecular weight is 403 g/mol. The molecule has 1 aromatic heterocycles. The van der Waals surface area contributed by atoms with Crippen molar-refractivity contribution in [3.63, 3.8) is 0 Å². The minimum Gasteiger partial charge on any atom is -0.287 e. The summed E-state index contributed by atoms with van der Waals surface area (Å²) >= 11 is 0. The molecule has 0 aliphatic carbocycles. The molecule has 0 aliphatic heterocycles. The van der Waals surface area contributed by atoms with Crippen molar-refractivity contribution in [2.24, 2.45) is 0 Å². The summed E-state index contributed by atoms with van der Waals surface area (Å²) in [5.74, 6) is -0.180. The molecule has 4 heteroatoms. The zero-order valence-corrected chi connectivity index (χ0v) is 16.7. The van der Waals surface area contributed by atoms with E-state index in [1.165, 1.54) is 0 Å². The van der Waals surface area contributed by atoms with Crippen LogP contribution in [-0.2, 0) is 6.54 Å². The van der Waals surface area contributed by atoms with Crippen molar-refractivity contribution in [1.29, 1.82) is 0 Å². The maximum atomic E-state index is 13.6. The summed E-state index contributed by atoms with van der Waals surface area (Å²) in [6, 6.07) is 27.0. The Kier molecular flexibility index (Phi) is 4.81. The van der Waals surface area contributed by atoms with Gasteiger partial charge >= 0.3 is 0 Å². The molecule has 0 saturated heterocycles. The Morgan fingerprint density at radius 2 is 1.39 bits per heavy atom. The first kappa shape index (κ1) is 18.8. The van der Waals surface area contributed by atoms with Crippen molar-refractivity contribution in [1.82, 2.24) is 4.98 Å². The van der Waals surface area contributed by atoms with Crippen molar-refractivity contribution in [3.05, 3.63) is 120 Å². The second kappa shape index (κ2) is 7.92. The quantitative estimate of drug-likeness (QED) is 0.241. The molecule has 5 rings (SSSR count). The summed E-state index contributed by atoms with van der Waals surface area (Å²) in [5, 5.41) is 3.80. The fraction of sp³-hybridized carbons (Fsp3) is 0.0370. The number of rotatable bonds is 5. The van der Waals surface area contributed by atoms with Gasteiger partial charge in [0.2, 0.25) is 18.1 Å². The highest BCUT2D eigenvalue weighted by molar-refractivity contribution is 6.23. The SMILES string of the molecule is O=C(C[n+]1ccnc(C(=O)c2c3ccccc3cc3ccccc23)c1)c1ccccc1. The zero-order chi connectivity index (χ0) is 21.2. The van der Waals surface area contributed by atoms with Crippen LogP contribution in [0.5, 0.6) is 0 Å². The van der Waals surface area contributed by atoms with E-state index in [2.05, 4.69) is 11.1 Å². The van der Waals surface area contributed by atoms with Gasteiger partial charge in [-0.15, -0.1) is 0 Å². The number of Topliss-reactive ketones (excluding diaryl/α,β-unsaturated/α-hetero) is 1. The number of fused-ring (bicyclic) bond motifs is 2. The maximum absolute atomic E-state index is 13.6. The van der Waals surface area contributed by atoms with Gasteiger partial charge in [-0.2, -0.15) is 4.57 Å². The largest absolute Gasteiger partial charge is 0.287 e. The third kappa shape index (κ3) is 3.60. The summed E-state index contributed by atoms with van der Waals surface area (Å²) in [4.78, 5) is 30.5. The summed E-state index contributed by atoms with van der Waals surface area (Å²) < 4.78 is 1.71. The van der Waals surface area contributed by atoms with Crippen molar-refractivity contribution < 1.29 is 14.2 Å². The van der Waals surface area contributed by atoms with Gasteiger partial charge < -0.3 is 0 Å². The van der Waals surface area contributed by atoms with Crippen LogP contribution in [0.3, 0.4) is 0 Å².